The zero-order valence-corrected chi connectivity index (χ0v) is 20.8. The van der Waals surface area contributed by atoms with Crippen molar-refractivity contribution in [3.63, 3.8) is 0 Å². The minimum Gasteiger partial charge on any atom is -0.484 e. The van der Waals surface area contributed by atoms with Gasteiger partial charge in [0.1, 0.15) is 5.75 Å². The maximum Gasteiger partial charge on any atom is 0.309 e. The third-order valence-electron chi connectivity index (χ3n) is 6.27. The lowest BCUT2D eigenvalue weighted by Crippen LogP contribution is -2.49. The molecule has 8 heteroatoms. The fourth-order valence-corrected chi connectivity index (χ4v) is 4.93. The Labute approximate surface area is 214 Å². The van der Waals surface area contributed by atoms with Crippen LogP contribution in [0, 0.1) is 12.8 Å². The van der Waals surface area contributed by atoms with Gasteiger partial charge in [0.2, 0.25) is 0 Å². The summed E-state index contributed by atoms with van der Waals surface area (Å²) >= 11 is 1.49. The standard InChI is InChI=1S/C28H27N3O4S/c1-19-24(22-6-3-2-4-7-22)8-5-9-25(19)34-17-26-29-30-28(35-26)36-18-21-12-10-20(11-13-21)14-31-15-23(16-31)27(32)33/h2-13,23H,14-18H2,1H3,(H,32,33). The van der Waals surface area contributed by atoms with Crippen LogP contribution in [0.25, 0.3) is 11.1 Å². The predicted molar refractivity (Wildman–Crippen MR) is 138 cm³/mol. The van der Waals surface area contributed by atoms with Crippen molar-refractivity contribution in [2.45, 2.75) is 31.1 Å². The van der Waals surface area contributed by atoms with E-state index in [0.29, 0.717) is 30.0 Å². The molecule has 184 valence electrons. The van der Waals surface area contributed by atoms with Crippen molar-refractivity contribution in [2.24, 2.45) is 5.92 Å². The second kappa shape index (κ2) is 11.0. The molecule has 0 saturated carbocycles. The maximum atomic E-state index is 10.9. The van der Waals surface area contributed by atoms with Crippen LogP contribution in [-0.2, 0) is 23.7 Å². The third kappa shape index (κ3) is 5.78. The van der Waals surface area contributed by atoms with Gasteiger partial charge in [-0.15, -0.1) is 10.2 Å². The number of aromatic nitrogens is 2. The van der Waals surface area contributed by atoms with Crippen LogP contribution in [0.15, 0.2) is 82.4 Å². The predicted octanol–water partition coefficient (Wildman–Crippen LogP) is 5.43. The largest absolute Gasteiger partial charge is 0.484 e. The number of nitrogens with zero attached hydrogens (tertiary/aromatic N) is 3. The minimum atomic E-state index is -0.707. The Kier molecular flexibility index (Phi) is 7.34. The lowest BCUT2D eigenvalue weighted by atomic mass is 9.99. The van der Waals surface area contributed by atoms with Gasteiger partial charge in [-0.1, -0.05) is 78.5 Å². The first-order chi connectivity index (χ1) is 17.5. The third-order valence-corrected chi connectivity index (χ3v) is 7.16. The van der Waals surface area contributed by atoms with E-state index in [0.717, 1.165) is 34.5 Å². The van der Waals surface area contributed by atoms with E-state index in [1.54, 1.807) is 0 Å². The fourth-order valence-electron chi connectivity index (χ4n) is 4.19. The molecule has 7 nitrogen and oxygen atoms in total. The Morgan fingerprint density at radius 1 is 1.03 bits per heavy atom. The molecule has 0 radical (unpaired) electrons. The summed E-state index contributed by atoms with van der Waals surface area (Å²) in [6, 6.07) is 24.6. The molecule has 3 aromatic carbocycles. The molecule has 0 atom stereocenters. The lowest BCUT2D eigenvalue weighted by molar-refractivity contribution is -0.147. The summed E-state index contributed by atoms with van der Waals surface area (Å²) in [5, 5.41) is 17.8. The van der Waals surface area contributed by atoms with Gasteiger partial charge in [0.05, 0.1) is 5.92 Å². The first-order valence-corrected chi connectivity index (χ1v) is 12.8. The van der Waals surface area contributed by atoms with E-state index < -0.39 is 5.97 Å². The Morgan fingerprint density at radius 2 is 1.78 bits per heavy atom. The van der Waals surface area contributed by atoms with Crippen LogP contribution in [-0.4, -0.2) is 39.3 Å². The second-order valence-corrected chi connectivity index (χ2v) is 9.81. The van der Waals surface area contributed by atoms with Crippen molar-refractivity contribution in [1.29, 1.82) is 0 Å². The number of carbonyl (C=O) groups is 1. The van der Waals surface area contributed by atoms with Crippen molar-refractivity contribution < 1.29 is 19.1 Å². The Hall–Kier alpha value is -3.62. The van der Waals surface area contributed by atoms with E-state index in [1.165, 1.54) is 17.3 Å². The van der Waals surface area contributed by atoms with Gasteiger partial charge < -0.3 is 14.3 Å². The average Bonchev–Trinajstić information content (AvgIpc) is 3.33. The fraction of sp³-hybridized carbons (Fsp3) is 0.250. The number of carboxylic acid groups (broad SMARTS) is 1. The summed E-state index contributed by atoms with van der Waals surface area (Å²) in [6.07, 6.45) is 0. The van der Waals surface area contributed by atoms with Gasteiger partial charge in [0.15, 0.2) is 6.61 Å². The van der Waals surface area contributed by atoms with Crippen molar-refractivity contribution in [3.05, 3.63) is 95.4 Å². The van der Waals surface area contributed by atoms with Gasteiger partial charge >= 0.3 is 5.97 Å². The molecule has 0 bridgehead atoms. The van der Waals surface area contributed by atoms with Crippen LogP contribution in [0.4, 0.5) is 0 Å². The van der Waals surface area contributed by atoms with Crippen molar-refractivity contribution in [3.8, 4) is 16.9 Å². The molecule has 0 amide bonds. The molecule has 1 aromatic heterocycles. The molecule has 1 N–H and O–H groups in total. The number of thioether (sulfide) groups is 1. The molecule has 1 fully saturated rings. The number of rotatable bonds is 10. The van der Waals surface area contributed by atoms with E-state index in [9.17, 15) is 4.79 Å². The van der Waals surface area contributed by atoms with E-state index in [-0.39, 0.29) is 12.5 Å². The molecule has 5 rings (SSSR count). The normalized spacial score (nSPS) is 13.9. The van der Waals surface area contributed by atoms with Gasteiger partial charge in [0.25, 0.3) is 11.1 Å². The summed E-state index contributed by atoms with van der Waals surface area (Å²) in [5.41, 5.74) is 5.68. The summed E-state index contributed by atoms with van der Waals surface area (Å²) < 4.78 is 11.8. The summed E-state index contributed by atoms with van der Waals surface area (Å²) in [6.45, 7) is 4.27. The number of hydrogen-bond acceptors (Lipinski definition) is 7. The maximum absolute atomic E-state index is 10.9. The van der Waals surface area contributed by atoms with Crippen LogP contribution in [0.5, 0.6) is 5.75 Å². The molecule has 0 unspecified atom stereocenters. The van der Waals surface area contributed by atoms with Crippen molar-refractivity contribution in [2.75, 3.05) is 13.1 Å². The average molecular weight is 502 g/mol. The van der Waals surface area contributed by atoms with Crippen molar-refractivity contribution in [1.82, 2.24) is 15.1 Å². The lowest BCUT2D eigenvalue weighted by Gasteiger charge is -2.36. The van der Waals surface area contributed by atoms with Gasteiger partial charge in [-0.05, 0) is 40.8 Å². The van der Waals surface area contributed by atoms with Crippen LogP contribution in [0.3, 0.4) is 0 Å². The topological polar surface area (TPSA) is 88.7 Å². The molecule has 36 heavy (non-hydrogen) atoms. The quantitative estimate of drug-likeness (QED) is 0.288. The Balaban J connectivity index is 1.11. The summed E-state index contributed by atoms with van der Waals surface area (Å²) in [7, 11) is 0. The van der Waals surface area contributed by atoms with Crippen LogP contribution >= 0.6 is 11.8 Å². The highest BCUT2D eigenvalue weighted by Crippen LogP contribution is 2.30. The SMILES string of the molecule is Cc1c(OCc2nnc(SCc3ccc(CN4CC(C(=O)O)C4)cc3)o2)cccc1-c1ccccc1. The monoisotopic (exact) mass is 501 g/mol. The van der Waals surface area contributed by atoms with E-state index in [1.807, 2.05) is 37.3 Å². The second-order valence-electron chi connectivity index (χ2n) is 8.88. The summed E-state index contributed by atoms with van der Waals surface area (Å²) in [4.78, 5) is 13.1. The molecular formula is C28H27N3O4S. The molecule has 1 aliphatic heterocycles. The number of carboxylic acids is 1. The summed E-state index contributed by atoms with van der Waals surface area (Å²) in [5.74, 6) is 1.01. The zero-order valence-electron chi connectivity index (χ0n) is 20.0. The zero-order chi connectivity index (χ0) is 24.9. The van der Waals surface area contributed by atoms with E-state index >= 15 is 0 Å². The number of benzene rings is 3. The van der Waals surface area contributed by atoms with Crippen molar-refractivity contribution >= 4 is 17.7 Å². The molecule has 1 saturated heterocycles. The highest BCUT2D eigenvalue weighted by Gasteiger charge is 2.32. The number of likely N-dealkylation sites (tertiary alicyclic amines) is 1. The highest BCUT2D eigenvalue weighted by atomic mass is 32.2. The Morgan fingerprint density at radius 3 is 2.53 bits per heavy atom. The van der Waals surface area contributed by atoms with Crippen LogP contribution in [0.2, 0.25) is 0 Å². The van der Waals surface area contributed by atoms with Gasteiger partial charge in [-0.2, -0.15) is 0 Å². The molecule has 0 spiro atoms. The molecule has 4 aromatic rings. The highest BCUT2D eigenvalue weighted by molar-refractivity contribution is 7.98. The number of hydrogen-bond donors (Lipinski definition) is 1. The first-order valence-electron chi connectivity index (χ1n) is 11.8. The first kappa shape index (κ1) is 24.1. The Bertz CT molecular complexity index is 1320. The van der Waals surface area contributed by atoms with Crippen LogP contribution in [0.1, 0.15) is 22.6 Å². The smallest absolute Gasteiger partial charge is 0.309 e. The molecular weight excluding hydrogens is 474 g/mol. The van der Waals surface area contributed by atoms with Gasteiger partial charge in [0, 0.05) is 25.4 Å². The van der Waals surface area contributed by atoms with Gasteiger partial charge in [-0.25, -0.2) is 0 Å². The molecule has 1 aliphatic rings. The number of aliphatic carboxylic acids is 1. The van der Waals surface area contributed by atoms with Crippen LogP contribution < -0.4 is 4.74 Å². The minimum absolute atomic E-state index is 0.209. The molecule has 2 heterocycles. The van der Waals surface area contributed by atoms with E-state index in [2.05, 4.69) is 57.6 Å². The van der Waals surface area contributed by atoms with Gasteiger partial charge in [-0.3, -0.25) is 9.69 Å². The molecule has 0 aliphatic carbocycles. The van der Waals surface area contributed by atoms with E-state index in [4.69, 9.17) is 14.3 Å². The number of ether oxygens (including phenoxy) is 1.